The average Bonchev–Trinajstić information content (AvgIpc) is 2.96. The van der Waals surface area contributed by atoms with Crippen LogP contribution in [0.15, 0.2) is 18.3 Å². The summed E-state index contributed by atoms with van der Waals surface area (Å²) >= 11 is 0. The highest BCUT2D eigenvalue weighted by atomic mass is 14.8. The molecule has 3 atom stereocenters. The van der Waals surface area contributed by atoms with Crippen LogP contribution < -0.4 is 5.46 Å². The van der Waals surface area contributed by atoms with Gasteiger partial charge < -0.3 is 0 Å². The Morgan fingerprint density at radius 1 is 1.46 bits per heavy atom. The number of pyridine rings is 1. The Bertz CT molecular complexity index is 346. The van der Waals surface area contributed by atoms with E-state index in [0.29, 0.717) is 5.41 Å². The molecule has 0 aromatic carbocycles. The molecule has 0 saturated heterocycles. The number of hydrogen-bond donors (Lipinski definition) is 0. The highest BCUT2D eigenvalue weighted by Crippen LogP contribution is 2.77. The summed E-state index contributed by atoms with van der Waals surface area (Å²) in [5.74, 6) is 1.67. The van der Waals surface area contributed by atoms with Crippen LogP contribution in [0.25, 0.3) is 0 Å². The van der Waals surface area contributed by atoms with Crippen molar-refractivity contribution in [2.24, 2.45) is 11.3 Å². The average molecular weight is 169 g/mol. The van der Waals surface area contributed by atoms with Crippen LogP contribution >= 0.6 is 0 Å². The molecule has 0 amide bonds. The number of aromatic nitrogens is 1. The van der Waals surface area contributed by atoms with Crippen molar-refractivity contribution in [1.29, 1.82) is 0 Å². The maximum Gasteiger partial charge on any atom is 0.115 e. The van der Waals surface area contributed by atoms with Gasteiger partial charge in [-0.15, -0.1) is 0 Å². The Kier molecular flexibility index (Phi) is 1.27. The largest absolute Gasteiger partial charge is 0.262 e. The monoisotopic (exact) mass is 169 g/mol. The zero-order chi connectivity index (χ0) is 9.05. The second kappa shape index (κ2) is 2.17. The molecule has 0 aliphatic heterocycles. The van der Waals surface area contributed by atoms with E-state index in [0.717, 1.165) is 17.3 Å². The number of hydrogen-bond acceptors (Lipinski definition) is 1. The Labute approximate surface area is 80.0 Å². The minimum atomic E-state index is 0.670. The third-order valence-electron chi connectivity index (χ3n) is 3.79. The van der Waals surface area contributed by atoms with E-state index in [1.807, 2.05) is 6.07 Å². The quantitative estimate of drug-likeness (QED) is 0.579. The van der Waals surface area contributed by atoms with E-state index in [1.165, 1.54) is 18.5 Å². The van der Waals surface area contributed by atoms with E-state index in [2.05, 4.69) is 18.0 Å². The summed E-state index contributed by atoms with van der Waals surface area (Å²) in [6.45, 7) is 2.34. The van der Waals surface area contributed by atoms with Crippen molar-refractivity contribution in [3.63, 3.8) is 0 Å². The Hall–Kier alpha value is -0.785. The van der Waals surface area contributed by atoms with E-state index < -0.39 is 0 Å². The number of rotatable bonds is 1. The molecule has 1 spiro atoms. The van der Waals surface area contributed by atoms with Crippen molar-refractivity contribution in [3.8, 4) is 0 Å². The minimum Gasteiger partial charge on any atom is -0.262 e. The summed E-state index contributed by atoms with van der Waals surface area (Å²) in [6.07, 6.45) is 4.53. The molecule has 1 nitrogen and oxygen atoms in total. The molecule has 0 bridgehead atoms. The van der Waals surface area contributed by atoms with Gasteiger partial charge in [0.1, 0.15) is 7.85 Å². The molecular weight excluding hydrogens is 157 g/mol. The van der Waals surface area contributed by atoms with Gasteiger partial charge in [0.05, 0.1) is 0 Å². The summed E-state index contributed by atoms with van der Waals surface area (Å²) in [6, 6.07) is 4.04. The van der Waals surface area contributed by atoms with Crippen molar-refractivity contribution in [1.82, 2.24) is 4.98 Å². The second-order valence-corrected chi connectivity index (χ2v) is 4.61. The lowest BCUT2D eigenvalue weighted by molar-refractivity contribution is 0.729. The number of nitrogens with zero attached hydrogens (tertiary/aromatic N) is 1. The van der Waals surface area contributed by atoms with E-state index in [4.69, 9.17) is 7.85 Å². The topological polar surface area (TPSA) is 12.9 Å². The minimum absolute atomic E-state index is 0.670. The van der Waals surface area contributed by atoms with Gasteiger partial charge >= 0.3 is 0 Å². The maximum atomic E-state index is 5.60. The lowest BCUT2D eigenvalue weighted by Gasteiger charge is -1.98. The summed E-state index contributed by atoms with van der Waals surface area (Å²) in [4.78, 5) is 4.39. The predicted molar refractivity (Wildman–Crippen MR) is 53.2 cm³/mol. The summed E-state index contributed by atoms with van der Waals surface area (Å²) in [5.41, 5.74) is 2.68. The molecule has 13 heavy (non-hydrogen) atoms. The SMILES string of the molecule is [B]c1ccc([C@H]2CC23C[C@H]3C)nc1. The van der Waals surface area contributed by atoms with Crippen molar-refractivity contribution < 1.29 is 0 Å². The Balaban J connectivity index is 1.84. The summed E-state index contributed by atoms with van der Waals surface area (Å²) < 4.78 is 0. The van der Waals surface area contributed by atoms with Gasteiger partial charge in [0.2, 0.25) is 0 Å². The van der Waals surface area contributed by atoms with Crippen LogP contribution in [-0.2, 0) is 0 Å². The Morgan fingerprint density at radius 3 is 2.69 bits per heavy atom. The third kappa shape index (κ3) is 0.977. The smallest absolute Gasteiger partial charge is 0.115 e. The summed E-state index contributed by atoms with van der Waals surface area (Å²) in [7, 11) is 5.60. The normalized spacial score (nSPS) is 40.7. The molecule has 1 heterocycles. The fraction of sp³-hybridized carbons (Fsp3) is 0.545. The molecule has 2 saturated carbocycles. The van der Waals surface area contributed by atoms with E-state index in [-0.39, 0.29) is 0 Å². The first-order valence-electron chi connectivity index (χ1n) is 4.94. The first-order valence-corrected chi connectivity index (χ1v) is 4.94. The van der Waals surface area contributed by atoms with Crippen molar-refractivity contribution in [3.05, 3.63) is 24.0 Å². The molecule has 1 aromatic rings. The zero-order valence-electron chi connectivity index (χ0n) is 7.83. The Morgan fingerprint density at radius 2 is 2.23 bits per heavy atom. The van der Waals surface area contributed by atoms with Gasteiger partial charge in [-0.2, -0.15) is 0 Å². The molecule has 2 heteroatoms. The molecule has 1 aromatic heterocycles. The lowest BCUT2D eigenvalue weighted by atomic mass is 9.98. The molecule has 1 unspecified atom stereocenters. The first kappa shape index (κ1) is 7.60. The predicted octanol–water partition coefficient (Wildman–Crippen LogP) is 1.39. The fourth-order valence-corrected chi connectivity index (χ4v) is 2.62. The standard InChI is InChI=1S/C11H12BN/c1-7-4-11(7)5-9(11)10-3-2-8(12)6-13-10/h2-3,6-7,9H,4-5H2,1H3/t7-,9-,11?/m1/s1. The van der Waals surface area contributed by atoms with Crippen LogP contribution in [0.3, 0.4) is 0 Å². The van der Waals surface area contributed by atoms with Crippen molar-refractivity contribution >= 4 is 13.3 Å². The molecule has 2 aliphatic rings. The third-order valence-corrected chi connectivity index (χ3v) is 3.79. The van der Waals surface area contributed by atoms with Crippen molar-refractivity contribution in [2.45, 2.75) is 25.7 Å². The first-order chi connectivity index (χ1) is 6.22. The highest BCUT2D eigenvalue weighted by Gasteiger charge is 2.68. The molecule has 3 rings (SSSR count). The van der Waals surface area contributed by atoms with Crippen LogP contribution in [0, 0.1) is 11.3 Å². The highest BCUT2D eigenvalue weighted by molar-refractivity contribution is 6.32. The molecule has 2 fully saturated rings. The van der Waals surface area contributed by atoms with Gasteiger partial charge in [0, 0.05) is 17.8 Å². The van der Waals surface area contributed by atoms with E-state index >= 15 is 0 Å². The van der Waals surface area contributed by atoms with Crippen LogP contribution in [0.1, 0.15) is 31.4 Å². The van der Waals surface area contributed by atoms with Gasteiger partial charge in [-0.3, -0.25) is 4.98 Å². The molecule has 2 radical (unpaired) electrons. The van der Waals surface area contributed by atoms with Gasteiger partial charge in [0.25, 0.3) is 0 Å². The molecule has 2 aliphatic carbocycles. The maximum absolute atomic E-state index is 5.60. The van der Waals surface area contributed by atoms with Crippen LogP contribution in [0.5, 0.6) is 0 Å². The molecule has 64 valence electrons. The van der Waals surface area contributed by atoms with Gasteiger partial charge in [-0.1, -0.05) is 18.5 Å². The van der Waals surface area contributed by atoms with Gasteiger partial charge in [0.15, 0.2) is 0 Å². The van der Waals surface area contributed by atoms with Crippen LogP contribution in [-0.4, -0.2) is 12.8 Å². The zero-order valence-corrected chi connectivity index (χ0v) is 7.83. The van der Waals surface area contributed by atoms with Gasteiger partial charge in [-0.25, -0.2) is 0 Å². The van der Waals surface area contributed by atoms with Gasteiger partial charge in [-0.05, 0) is 30.2 Å². The van der Waals surface area contributed by atoms with E-state index in [9.17, 15) is 0 Å². The summed E-state index contributed by atoms with van der Waals surface area (Å²) in [5, 5.41) is 0. The van der Waals surface area contributed by atoms with Crippen LogP contribution in [0.2, 0.25) is 0 Å². The molecular formula is C11H12BN. The second-order valence-electron chi connectivity index (χ2n) is 4.61. The molecule has 0 N–H and O–H groups in total. The van der Waals surface area contributed by atoms with E-state index in [1.54, 1.807) is 6.20 Å². The van der Waals surface area contributed by atoms with Crippen molar-refractivity contribution in [2.75, 3.05) is 0 Å². The fourth-order valence-electron chi connectivity index (χ4n) is 2.62. The van der Waals surface area contributed by atoms with Crippen LogP contribution in [0.4, 0.5) is 0 Å². The lowest BCUT2D eigenvalue weighted by Crippen LogP contribution is -2.03.